The number of hydrogen-bond donors (Lipinski definition) is 1. The Morgan fingerprint density at radius 3 is 2.43 bits per heavy atom. The van der Waals surface area contributed by atoms with Gasteiger partial charge in [-0.25, -0.2) is 4.79 Å². The highest BCUT2D eigenvalue weighted by atomic mass is 19.4. The molecule has 2 aliphatic heterocycles. The molecule has 30 heavy (non-hydrogen) atoms. The van der Waals surface area contributed by atoms with E-state index < -0.39 is 12.1 Å². The zero-order valence-electron chi connectivity index (χ0n) is 16.9. The average Bonchev–Trinajstić information content (AvgIpc) is 3.37. The number of carboxylic acid groups (broad SMARTS) is 1. The number of nitrogens with zero attached hydrogens (tertiary/aromatic N) is 2. The highest BCUT2D eigenvalue weighted by Crippen LogP contribution is 2.38. The molecule has 7 nitrogen and oxygen atoms in total. The van der Waals surface area contributed by atoms with Crippen molar-refractivity contribution in [2.75, 3.05) is 26.2 Å². The van der Waals surface area contributed by atoms with E-state index in [1.165, 1.54) is 18.4 Å². The van der Waals surface area contributed by atoms with Crippen LogP contribution in [0.15, 0.2) is 23.0 Å². The molecular formula is C20H27F3N2O5. The van der Waals surface area contributed by atoms with Crippen molar-refractivity contribution in [3.8, 4) is 0 Å². The molecule has 1 saturated carbocycles. The van der Waals surface area contributed by atoms with Gasteiger partial charge in [-0.3, -0.25) is 9.69 Å². The van der Waals surface area contributed by atoms with E-state index in [9.17, 15) is 18.0 Å². The quantitative estimate of drug-likeness (QED) is 0.788. The highest BCUT2D eigenvalue weighted by molar-refractivity contribution is 5.78. The minimum absolute atomic E-state index is 0.143. The summed E-state index contributed by atoms with van der Waals surface area (Å²) >= 11 is 0. The number of alkyl halides is 3. The lowest BCUT2D eigenvalue weighted by Gasteiger charge is -2.51. The second-order valence-corrected chi connectivity index (χ2v) is 8.23. The molecule has 0 radical (unpaired) electrons. The summed E-state index contributed by atoms with van der Waals surface area (Å²) in [5.41, 5.74) is 1.08. The monoisotopic (exact) mass is 432 g/mol. The Bertz CT molecular complexity index is 725. The second kappa shape index (κ2) is 8.97. The van der Waals surface area contributed by atoms with E-state index in [1.54, 1.807) is 6.26 Å². The van der Waals surface area contributed by atoms with E-state index in [2.05, 4.69) is 16.7 Å². The number of furan rings is 1. The van der Waals surface area contributed by atoms with Crippen LogP contribution in [0.3, 0.4) is 0 Å². The number of rotatable bonds is 4. The maximum atomic E-state index is 12.2. The zero-order valence-corrected chi connectivity index (χ0v) is 16.9. The van der Waals surface area contributed by atoms with Gasteiger partial charge in [-0.1, -0.05) is 0 Å². The maximum Gasteiger partial charge on any atom is 0.490 e. The number of ether oxygens (including phenoxy) is 1. The Hall–Kier alpha value is -2.07. The van der Waals surface area contributed by atoms with Crippen LogP contribution >= 0.6 is 0 Å². The van der Waals surface area contributed by atoms with Crippen LogP contribution < -0.4 is 0 Å². The minimum Gasteiger partial charge on any atom is -0.475 e. The number of hydrogen-bond acceptors (Lipinski definition) is 5. The summed E-state index contributed by atoms with van der Waals surface area (Å²) in [7, 11) is 0. The highest BCUT2D eigenvalue weighted by Gasteiger charge is 2.48. The summed E-state index contributed by atoms with van der Waals surface area (Å²) in [5, 5.41) is 7.12. The molecule has 3 heterocycles. The summed E-state index contributed by atoms with van der Waals surface area (Å²) in [6.07, 6.45) is 3.03. The van der Waals surface area contributed by atoms with Crippen molar-refractivity contribution in [2.24, 2.45) is 5.92 Å². The lowest BCUT2D eigenvalue weighted by Crippen LogP contribution is -2.64. The van der Waals surface area contributed by atoms with Crippen molar-refractivity contribution in [2.45, 2.75) is 57.0 Å². The zero-order chi connectivity index (χ0) is 21.9. The van der Waals surface area contributed by atoms with Gasteiger partial charge < -0.3 is 19.2 Å². The van der Waals surface area contributed by atoms with Crippen molar-refractivity contribution in [1.29, 1.82) is 0 Å². The van der Waals surface area contributed by atoms with Crippen LogP contribution in [0.5, 0.6) is 0 Å². The summed E-state index contributed by atoms with van der Waals surface area (Å²) < 4.78 is 43.0. The van der Waals surface area contributed by atoms with Crippen LogP contribution in [0, 0.1) is 5.92 Å². The maximum absolute atomic E-state index is 12.2. The minimum atomic E-state index is -5.08. The number of carboxylic acids is 1. The van der Waals surface area contributed by atoms with Crippen molar-refractivity contribution < 1.29 is 37.0 Å². The van der Waals surface area contributed by atoms with Crippen LogP contribution in [0.25, 0.3) is 0 Å². The molecule has 4 rings (SSSR count). The van der Waals surface area contributed by atoms with E-state index in [4.69, 9.17) is 19.1 Å². The third-order valence-electron chi connectivity index (χ3n) is 6.12. The fraction of sp³-hybridized carbons (Fsp3) is 0.700. The summed E-state index contributed by atoms with van der Waals surface area (Å²) in [6.45, 7) is 6.35. The smallest absolute Gasteiger partial charge is 0.475 e. The Kier molecular flexibility index (Phi) is 6.76. The van der Waals surface area contributed by atoms with Gasteiger partial charge in [0.1, 0.15) is 6.61 Å². The normalized spacial score (nSPS) is 24.5. The number of halogens is 3. The number of piperidine rings is 1. The Balaban J connectivity index is 0.000000318. The van der Waals surface area contributed by atoms with Crippen LogP contribution in [0.2, 0.25) is 0 Å². The topological polar surface area (TPSA) is 83.2 Å². The molecule has 3 aliphatic rings. The fourth-order valence-electron chi connectivity index (χ4n) is 4.04. The molecule has 1 aliphatic carbocycles. The van der Waals surface area contributed by atoms with Gasteiger partial charge in [0, 0.05) is 31.7 Å². The molecule has 1 spiro atoms. The van der Waals surface area contributed by atoms with Crippen LogP contribution in [-0.2, 0) is 20.9 Å². The van der Waals surface area contributed by atoms with Crippen LogP contribution in [-0.4, -0.2) is 70.8 Å². The number of likely N-dealkylation sites (tertiary alicyclic amines) is 1. The first-order valence-corrected chi connectivity index (χ1v) is 10.1. The van der Waals surface area contributed by atoms with Gasteiger partial charge >= 0.3 is 12.1 Å². The summed E-state index contributed by atoms with van der Waals surface area (Å²) in [6, 6.07) is 2.22. The number of amides is 1. The van der Waals surface area contributed by atoms with Crippen LogP contribution in [0.4, 0.5) is 13.2 Å². The molecule has 3 fully saturated rings. The first-order valence-electron chi connectivity index (χ1n) is 10.1. The molecule has 0 aromatic carbocycles. The van der Waals surface area contributed by atoms with E-state index in [0.29, 0.717) is 0 Å². The molecule has 10 heteroatoms. The summed E-state index contributed by atoms with van der Waals surface area (Å²) in [4.78, 5) is 25.7. The van der Waals surface area contributed by atoms with Gasteiger partial charge in [0.2, 0.25) is 5.91 Å². The van der Waals surface area contributed by atoms with E-state index in [1.807, 2.05) is 12.3 Å². The van der Waals surface area contributed by atoms with Crippen molar-refractivity contribution >= 4 is 11.9 Å². The Morgan fingerprint density at radius 2 is 1.93 bits per heavy atom. The standard InChI is InChI=1S/C18H26N2O3.C2HF3O2/c1-14-18(23-13-17(21)20(14)11-15-2-3-15)5-7-19(8-6-18)10-16-4-9-22-12-16;3-2(4,5)1(6)7/h4,9,12,14-15H,2-3,5-8,10-11,13H2,1H3;(H,6,7). The third kappa shape index (κ3) is 5.54. The molecule has 1 aromatic heterocycles. The fourth-order valence-corrected chi connectivity index (χ4v) is 4.04. The Morgan fingerprint density at radius 1 is 1.30 bits per heavy atom. The summed E-state index contributed by atoms with van der Waals surface area (Å²) in [5.74, 6) is -1.85. The molecule has 168 valence electrons. The Labute approximate surface area is 172 Å². The number of aliphatic carboxylic acids is 1. The largest absolute Gasteiger partial charge is 0.490 e. The SMILES string of the molecule is CC1N(CC2CC2)C(=O)COC12CCN(Cc1ccoc1)CC2.O=C(O)C(F)(F)F. The molecule has 2 saturated heterocycles. The predicted molar refractivity (Wildman–Crippen MR) is 99.5 cm³/mol. The lowest BCUT2D eigenvalue weighted by atomic mass is 9.82. The van der Waals surface area contributed by atoms with Crippen molar-refractivity contribution in [1.82, 2.24) is 9.80 Å². The van der Waals surface area contributed by atoms with Gasteiger partial charge in [-0.2, -0.15) is 13.2 Å². The van der Waals surface area contributed by atoms with E-state index in [0.717, 1.165) is 44.9 Å². The molecule has 0 bridgehead atoms. The first-order chi connectivity index (χ1) is 14.1. The van der Waals surface area contributed by atoms with E-state index in [-0.39, 0.29) is 24.2 Å². The molecule has 1 aromatic rings. The molecule has 1 N–H and O–H groups in total. The van der Waals surface area contributed by atoms with Gasteiger partial charge in [-0.05, 0) is 44.6 Å². The van der Waals surface area contributed by atoms with Crippen molar-refractivity contribution in [3.05, 3.63) is 24.2 Å². The molecule has 1 unspecified atom stereocenters. The first kappa shape index (κ1) is 22.6. The number of carbonyl (C=O) groups excluding carboxylic acids is 1. The molecule has 1 amide bonds. The number of carbonyl (C=O) groups is 2. The van der Waals surface area contributed by atoms with Crippen molar-refractivity contribution in [3.63, 3.8) is 0 Å². The van der Waals surface area contributed by atoms with Gasteiger partial charge in [0.25, 0.3) is 0 Å². The molecular weight excluding hydrogens is 405 g/mol. The van der Waals surface area contributed by atoms with Gasteiger partial charge in [-0.15, -0.1) is 0 Å². The second-order valence-electron chi connectivity index (χ2n) is 8.23. The number of morpholine rings is 1. The van der Waals surface area contributed by atoms with Crippen LogP contribution in [0.1, 0.15) is 38.2 Å². The average molecular weight is 432 g/mol. The molecule has 1 atom stereocenters. The predicted octanol–water partition coefficient (Wildman–Crippen LogP) is 2.90. The van der Waals surface area contributed by atoms with Gasteiger partial charge in [0.15, 0.2) is 0 Å². The van der Waals surface area contributed by atoms with Gasteiger partial charge in [0.05, 0.1) is 24.2 Å². The van der Waals surface area contributed by atoms with E-state index >= 15 is 0 Å². The third-order valence-corrected chi connectivity index (χ3v) is 6.12. The lowest BCUT2D eigenvalue weighted by molar-refractivity contribution is -0.192.